The maximum atomic E-state index is 6.23. The highest BCUT2D eigenvalue weighted by molar-refractivity contribution is 7.71. The lowest BCUT2D eigenvalue weighted by molar-refractivity contribution is 0.871. The average molecular weight is 384 g/mol. The van der Waals surface area contributed by atoms with Gasteiger partial charge in [0.2, 0.25) is 4.77 Å². The number of aromatic amines is 1. The van der Waals surface area contributed by atoms with Gasteiger partial charge in [-0.15, -0.1) is 0 Å². The number of rotatable bonds is 3. The number of aromatic nitrogens is 3. The summed E-state index contributed by atoms with van der Waals surface area (Å²) in [6, 6.07) is 12.4. The third-order valence-electron chi connectivity index (χ3n) is 3.01. The molecular weight excluding hydrogens is 375 g/mol. The van der Waals surface area contributed by atoms with Crippen molar-refractivity contribution in [1.82, 2.24) is 14.9 Å². The third-order valence-corrected chi connectivity index (χ3v) is 4.08. The standard InChI is InChI=1S/C15H9Cl3N4S/c16-10-3-1-9(2-4-10)8-19-22-14(20-21-15(22)23)12-6-5-11(17)7-13(12)18/h1-8H,(H,21,23). The Morgan fingerprint density at radius 2 is 1.74 bits per heavy atom. The molecule has 1 N–H and O–H groups in total. The van der Waals surface area contributed by atoms with Crippen molar-refractivity contribution in [2.24, 2.45) is 5.10 Å². The molecule has 116 valence electrons. The maximum Gasteiger partial charge on any atom is 0.216 e. The average Bonchev–Trinajstić information content (AvgIpc) is 2.88. The summed E-state index contributed by atoms with van der Waals surface area (Å²) >= 11 is 23.2. The molecular formula is C15H9Cl3N4S. The molecule has 0 saturated heterocycles. The number of hydrogen-bond donors (Lipinski definition) is 1. The summed E-state index contributed by atoms with van der Waals surface area (Å²) in [6.07, 6.45) is 1.66. The van der Waals surface area contributed by atoms with Gasteiger partial charge in [0.25, 0.3) is 0 Å². The second-order valence-corrected chi connectivity index (χ2v) is 6.25. The number of H-pyrrole nitrogens is 1. The van der Waals surface area contributed by atoms with Crippen LogP contribution in [0.2, 0.25) is 15.1 Å². The molecule has 4 nitrogen and oxygen atoms in total. The molecule has 0 unspecified atom stereocenters. The number of benzene rings is 2. The van der Waals surface area contributed by atoms with Crippen LogP contribution in [0.4, 0.5) is 0 Å². The Bertz CT molecular complexity index is 929. The number of hydrogen-bond acceptors (Lipinski definition) is 3. The van der Waals surface area contributed by atoms with E-state index in [4.69, 9.17) is 47.0 Å². The molecule has 1 heterocycles. The van der Waals surface area contributed by atoms with E-state index in [0.29, 0.717) is 31.2 Å². The third kappa shape index (κ3) is 3.64. The van der Waals surface area contributed by atoms with Crippen LogP contribution >= 0.6 is 47.0 Å². The van der Waals surface area contributed by atoms with Crippen molar-refractivity contribution in [1.29, 1.82) is 0 Å². The van der Waals surface area contributed by atoms with Gasteiger partial charge in [0.15, 0.2) is 5.82 Å². The molecule has 2 aromatic carbocycles. The van der Waals surface area contributed by atoms with E-state index in [1.807, 2.05) is 12.1 Å². The van der Waals surface area contributed by atoms with Crippen molar-refractivity contribution >= 4 is 53.2 Å². The first kappa shape index (κ1) is 16.2. The summed E-state index contributed by atoms with van der Waals surface area (Å²) in [6.45, 7) is 0. The van der Waals surface area contributed by atoms with Crippen LogP contribution in [-0.4, -0.2) is 21.1 Å². The van der Waals surface area contributed by atoms with E-state index in [9.17, 15) is 0 Å². The molecule has 0 atom stereocenters. The Morgan fingerprint density at radius 1 is 1.04 bits per heavy atom. The predicted molar refractivity (Wildman–Crippen MR) is 97.3 cm³/mol. The fourth-order valence-electron chi connectivity index (χ4n) is 1.92. The van der Waals surface area contributed by atoms with Crippen LogP contribution in [0.3, 0.4) is 0 Å². The summed E-state index contributed by atoms with van der Waals surface area (Å²) in [7, 11) is 0. The molecule has 23 heavy (non-hydrogen) atoms. The molecule has 1 aromatic heterocycles. The van der Waals surface area contributed by atoms with E-state index < -0.39 is 0 Å². The molecule has 3 aromatic rings. The monoisotopic (exact) mass is 382 g/mol. The van der Waals surface area contributed by atoms with Gasteiger partial charge in [-0.2, -0.15) is 14.9 Å². The normalized spacial score (nSPS) is 11.3. The van der Waals surface area contributed by atoms with E-state index in [0.717, 1.165) is 5.56 Å². The van der Waals surface area contributed by atoms with E-state index in [1.165, 1.54) is 4.68 Å². The highest BCUT2D eigenvalue weighted by Gasteiger charge is 2.12. The van der Waals surface area contributed by atoms with Crippen LogP contribution < -0.4 is 0 Å². The van der Waals surface area contributed by atoms with Gasteiger partial charge in [-0.25, -0.2) is 5.10 Å². The summed E-state index contributed by atoms with van der Waals surface area (Å²) < 4.78 is 1.86. The van der Waals surface area contributed by atoms with E-state index >= 15 is 0 Å². The molecule has 0 fully saturated rings. The van der Waals surface area contributed by atoms with E-state index in [2.05, 4.69) is 15.3 Å². The van der Waals surface area contributed by atoms with Gasteiger partial charge < -0.3 is 0 Å². The minimum atomic E-state index is 0.358. The zero-order valence-electron chi connectivity index (χ0n) is 11.5. The zero-order chi connectivity index (χ0) is 16.4. The Hall–Kier alpha value is -1.66. The fraction of sp³-hybridized carbons (Fsp3) is 0. The lowest BCUT2D eigenvalue weighted by atomic mass is 10.2. The van der Waals surface area contributed by atoms with Crippen molar-refractivity contribution in [3.05, 3.63) is 67.9 Å². The summed E-state index contributed by atoms with van der Waals surface area (Å²) in [5, 5.41) is 12.9. The Kier molecular flexibility index (Phi) is 4.82. The van der Waals surface area contributed by atoms with Crippen molar-refractivity contribution in [2.75, 3.05) is 0 Å². The summed E-state index contributed by atoms with van der Waals surface area (Å²) in [5.41, 5.74) is 1.56. The van der Waals surface area contributed by atoms with Gasteiger partial charge in [0.1, 0.15) is 0 Å². The zero-order valence-corrected chi connectivity index (χ0v) is 14.6. The Balaban J connectivity index is 2.02. The molecule has 0 aliphatic carbocycles. The van der Waals surface area contributed by atoms with Crippen LogP contribution in [0, 0.1) is 4.77 Å². The molecule has 0 bridgehead atoms. The van der Waals surface area contributed by atoms with Gasteiger partial charge in [-0.3, -0.25) is 0 Å². The fourth-order valence-corrected chi connectivity index (χ4v) is 2.72. The largest absolute Gasteiger partial charge is 0.250 e. The van der Waals surface area contributed by atoms with Gasteiger partial charge in [-0.1, -0.05) is 46.9 Å². The second kappa shape index (κ2) is 6.84. The lowest BCUT2D eigenvalue weighted by Gasteiger charge is -2.04. The number of nitrogens with one attached hydrogen (secondary N) is 1. The van der Waals surface area contributed by atoms with E-state index in [1.54, 1.807) is 36.5 Å². The molecule has 0 saturated carbocycles. The maximum absolute atomic E-state index is 6.23. The lowest BCUT2D eigenvalue weighted by Crippen LogP contribution is -1.95. The van der Waals surface area contributed by atoms with Crippen LogP contribution in [0.25, 0.3) is 11.4 Å². The highest BCUT2D eigenvalue weighted by atomic mass is 35.5. The second-order valence-electron chi connectivity index (χ2n) is 4.58. The number of halogens is 3. The Labute approximate surface area is 152 Å². The minimum absolute atomic E-state index is 0.358. The first-order valence-electron chi connectivity index (χ1n) is 6.47. The number of nitrogens with zero attached hydrogens (tertiary/aromatic N) is 3. The molecule has 0 spiro atoms. The van der Waals surface area contributed by atoms with Crippen LogP contribution in [-0.2, 0) is 0 Å². The Morgan fingerprint density at radius 3 is 2.43 bits per heavy atom. The minimum Gasteiger partial charge on any atom is -0.250 e. The molecule has 0 aliphatic heterocycles. The van der Waals surface area contributed by atoms with Crippen LogP contribution in [0.5, 0.6) is 0 Å². The van der Waals surface area contributed by atoms with Gasteiger partial charge in [-0.05, 0) is 48.1 Å². The summed E-state index contributed by atoms with van der Waals surface area (Å²) in [5.74, 6) is 0.502. The van der Waals surface area contributed by atoms with Gasteiger partial charge in [0, 0.05) is 15.6 Å². The summed E-state index contributed by atoms with van der Waals surface area (Å²) in [4.78, 5) is 0. The molecule has 0 amide bonds. The van der Waals surface area contributed by atoms with E-state index in [-0.39, 0.29) is 0 Å². The first-order chi connectivity index (χ1) is 11.0. The van der Waals surface area contributed by atoms with Crippen molar-refractivity contribution in [3.8, 4) is 11.4 Å². The van der Waals surface area contributed by atoms with Gasteiger partial charge >= 0.3 is 0 Å². The molecule has 3 rings (SSSR count). The van der Waals surface area contributed by atoms with Gasteiger partial charge in [0.05, 0.1) is 11.2 Å². The topological polar surface area (TPSA) is 46.0 Å². The van der Waals surface area contributed by atoms with Crippen LogP contribution in [0.15, 0.2) is 47.6 Å². The smallest absolute Gasteiger partial charge is 0.216 e. The molecule has 8 heteroatoms. The highest BCUT2D eigenvalue weighted by Crippen LogP contribution is 2.29. The SMILES string of the molecule is S=c1[nH]nc(-c2ccc(Cl)cc2Cl)n1N=Cc1ccc(Cl)cc1. The molecule has 0 radical (unpaired) electrons. The van der Waals surface area contributed by atoms with Crippen LogP contribution in [0.1, 0.15) is 5.56 Å². The molecule has 0 aliphatic rings. The van der Waals surface area contributed by atoms with Crippen molar-refractivity contribution < 1.29 is 0 Å². The predicted octanol–water partition coefficient (Wildman–Crippen LogP) is 5.45. The van der Waals surface area contributed by atoms with Crippen molar-refractivity contribution in [3.63, 3.8) is 0 Å². The van der Waals surface area contributed by atoms with Crippen molar-refractivity contribution in [2.45, 2.75) is 0 Å². The first-order valence-corrected chi connectivity index (χ1v) is 8.01. The quantitative estimate of drug-likeness (QED) is 0.483.